The van der Waals surface area contributed by atoms with Crippen molar-refractivity contribution in [2.45, 2.75) is 39.3 Å². The summed E-state index contributed by atoms with van der Waals surface area (Å²) >= 11 is 0. The molecule has 0 fully saturated rings. The van der Waals surface area contributed by atoms with Gasteiger partial charge in [0.15, 0.2) is 0 Å². The maximum absolute atomic E-state index is 9.86. The van der Waals surface area contributed by atoms with Gasteiger partial charge in [-0.1, -0.05) is 23.4 Å². The summed E-state index contributed by atoms with van der Waals surface area (Å²) in [6.45, 7) is 8.71. The fraction of sp³-hybridized carbons (Fsp3) is 0.471. The molecule has 0 aliphatic carbocycles. The Labute approximate surface area is 131 Å². The number of fused-ring (bicyclic) bond motifs is 1. The lowest BCUT2D eigenvalue weighted by molar-refractivity contribution is 0.0373. The molecule has 0 aliphatic rings. The molecule has 5 heteroatoms. The van der Waals surface area contributed by atoms with Crippen molar-refractivity contribution >= 4 is 16.6 Å². The number of para-hydroxylation sites is 1. The maximum Gasteiger partial charge on any atom is 0.144 e. The Balaban J connectivity index is 1.90. The Morgan fingerprint density at radius 1 is 1.36 bits per heavy atom. The molecule has 120 valence electrons. The topological polar surface area (TPSA) is 69.6 Å². The summed E-state index contributed by atoms with van der Waals surface area (Å²) in [4.78, 5) is 8.49. The number of aromatic amines is 1. The number of oxime groups is 1. The molecule has 0 amide bonds. The second kappa shape index (κ2) is 6.94. The van der Waals surface area contributed by atoms with Gasteiger partial charge in [0.25, 0.3) is 0 Å². The van der Waals surface area contributed by atoms with Crippen molar-refractivity contribution in [3.63, 3.8) is 0 Å². The standard InChI is InChI=1S/C17H25N3O2/c1-12(15-10-18-16-8-6-5-7-14(15)16)20-22-11-13(21)9-19-17(2,3)4/h5-8,10,13,18-19,21H,9,11H2,1-4H3/b20-12+. The number of hydrogen-bond donors (Lipinski definition) is 3. The van der Waals surface area contributed by atoms with E-state index in [4.69, 9.17) is 4.84 Å². The van der Waals surface area contributed by atoms with Gasteiger partial charge in [-0.05, 0) is 33.8 Å². The number of nitrogens with one attached hydrogen (secondary N) is 2. The molecule has 22 heavy (non-hydrogen) atoms. The summed E-state index contributed by atoms with van der Waals surface area (Å²) in [5.41, 5.74) is 2.84. The van der Waals surface area contributed by atoms with E-state index in [0.717, 1.165) is 22.2 Å². The molecule has 0 spiro atoms. The molecule has 0 bridgehead atoms. The number of rotatable bonds is 6. The Bertz CT molecular complexity index is 641. The zero-order valence-corrected chi connectivity index (χ0v) is 13.7. The highest BCUT2D eigenvalue weighted by Crippen LogP contribution is 2.18. The molecule has 1 aromatic heterocycles. The molecule has 2 rings (SSSR count). The smallest absolute Gasteiger partial charge is 0.144 e. The first-order valence-electron chi connectivity index (χ1n) is 7.53. The zero-order valence-electron chi connectivity index (χ0n) is 13.7. The van der Waals surface area contributed by atoms with Gasteiger partial charge in [-0.3, -0.25) is 0 Å². The summed E-state index contributed by atoms with van der Waals surface area (Å²) < 4.78 is 0. The van der Waals surface area contributed by atoms with Crippen molar-refractivity contribution in [3.8, 4) is 0 Å². The minimum Gasteiger partial charge on any atom is -0.393 e. The lowest BCUT2D eigenvalue weighted by atomic mass is 10.1. The molecule has 0 saturated carbocycles. The average Bonchev–Trinajstić information content (AvgIpc) is 2.88. The number of hydrogen-bond acceptors (Lipinski definition) is 4. The van der Waals surface area contributed by atoms with E-state index in [1.54, 1.807) is 0 Å². The van der Waals surface area contributed by atoms with E-state index in [0.29, 0.717) is 6.54 Å². The highest BCUT2D eigenvalue weighted by atomic mass is 16.6. The predicted molar refractivity (Wildman–Crippen MR) is 90.2 cm³/mol. The van der Waals surface area contributed by atoms with E-state index in [9.17, 15) is 5.11 Å². The number of benzene rings is 1. The Morgan fingerprint density at radius 2 is 2.09 bits per heavy atom. The molecule has 1 aromatic carbocycles. The number of nitrogens with zero attached hydrogens (tertiary/aromatic N) is 1. The van der Waals surface area contributed by atoms with E-state index < -0.39 is 6.10 Å². The van der Waals surface area contributed by atoms with Crippen LogP contribution in [-0.2, 0) is 4.84 Å². The molecule has 2 aromatic rings. The van der Waals surface area contributed by atoms with E-state index >= 15 is 0 Å². The van der Waals surface area contributed by atoms with Crippen LogP contribution in [-0.4, -0.2) is 40.6 Å². The first kappa shape index (κ1) is 16.5. The van der Waals surface area contributed by atoms with Crippen LogP contribution >= 0.6 is 0 Å². The van der Waals surface area contributed by atoms with Crippen LogP contribution < -0.4 is 5.32 Å². The second-order valence-electron chi connectivity index (χ2n) is 6.51. The zero-order chi connectivity index (χ0) is 16.2. The maximum atomic E-state index is 9.86. The minimum absolute atomic E-state index is 0.0236. The fourth-order valence-corrected chi connectivity index (χ4v) is 2.12. The van der Waals surface area contributed by atoms with Crippen LogP contribution in [0.2, 0.25) is 0 Å². The highest BCUT2D eigenvalue weighted by molar-refractivity contribution is 6.09. The van der Waals surface area contributed by atoms with Crippen LogP contribution in [0.1, 0.15) is 33.3 Å². The fourth-order valence-electron chi connectivity index (χ4n) is 2.12. The molecule has 0 aliphatic heterocycles. The van der Waals surface area contributed by atoms with Gasteiger partial charge in [-0.15, -0.1) is 0 Å². The molecule has 1 atom stereocenters. The Hall–Kier alpha value is -1.85. The van der Waals surface area contributed by atoms with Crippen LogP contribution in [0.5, 0.6) is 0 Å². The monoisotopic (exact) mass is 303 g/mol. The van der Waals surface area contributed by atoms with Crippen LogP contribution in [0.4, 0.5) is 0 Å². The average molecular weight is 303 g/mol. The SMILES string of the molecule is C/C(=N\OCC(O)CNC(C)(C)C)c1c[nH]c2ccccc12. The molecule has 1 heterocycles. The Kier molecular flexibility index (Phi) is 5.21. The number of aromatic nitrogens is 1. The molecule has 0 saturated heterocycles. The minimum atomic E-state index is -0.584. The van der Waals surface area contributed by atoms with Gasteiger partial charge in [0.2, 0.25) is 0 Å². The van der Waals surface area contributed by atoms with E-state index in [2.05, 4.69) is 36.2 Å². The molecular weight excluding hydrogens is 278 g/mol. The summed E-state index contributed by atoms with van der Waals surface area (Å²) in [5, 5.41) is 18.3. The predicted octanol–water partition coefficient (Wildman–Crippen LogP) is 2.66. The number of aliphatic hydroxyl groups is 1. The van der Waals surface area contributed by atoms with Gasteiger partial charge in [-0.2, -0.15) is 0 Å². The van der Waals surface area contributed by atoms with E-state index in [1.165, 1.54) is 0 Å². The van der Waals surface area contributed by atoms with Gasteiger partial charge in [0.1, 0.15) is 12.7 Å². The molecule has 3 N–H and O–H groups in total. The number of H-pyrrole nitrogens is 1. The Morgan fingerprint density at radius 3 is 2.82 bits per heavy atom. The van der Waals surface area contributed by atoms with Crippen LogP contribution in [0.25, 0.3) is 10.9 Å². The van der Waals surface area contributed by atoms with Gasteiger partial charge < -0.3 is 20.2 Å². The van der Waals surface area contributed by atoms with Gasteiger partial charge in [0.05, 0.1) is 5.71 Å². The van der Waals surface area contributed by atoms with Crippen molar-refractivity contribution in [2.75, 3.05) is 13.2 Å². The van der Waals surface area contributed by atoms with E-state index in [-0.39, 0.29) is 12.1 Å². The van der Waals surface area contributed by atoms with Gasteiger partial charge in [0, 0.05) is 34.7 Å². The van der Waals surface area contributed by atoms with Crippen LogP contribution in [0, 0.1) is 0 Å². The lowest BCUT2D eigenvalue weighted by Crippen LogP contribution is -2.42. The third-order valence-corrected chi connectivity index (χ3v) is 3.32. The number of aliphatic hydroxyl groups excluding tert-OH is 1. The number of β-amino-alcohol motifs (C(OH)–C–C–N with tert-alkyl or cyclic N) is 1. The summed E-state index contributed by atoms with van der Waals surface area (Å²) in [6.07, 6.45) is 1.34. The first-order valence-corrected chi connectivity index (χ1v) is 7.53. The first-order chi connectivity index (χ1) is 10.4. The third kappa shape index (κ3) is 4.58. The van der Waals surface area contributed by atoms with Gasteiger partial charge in [-0.25, -0.2) is 0 Å². The van der Waals surface area contributed by atoms with Crippen molar-refractivity contribution in [2.24, 2.45) is 5.16 Å². The largest absolute Gasteiger partial charge is 0.393 e. The summed E-state index contributed by atoms with van der Waals surface area (Å²) in [7, 11) is 0. The van der Waals surface area contributed by atoms with Crippen molar-refractivity contribution < 1.29 is 9.94 Å². The highest BCUT2D eigenvalue weighted by Gasteiger charge is 2.12. The van der Waals surface area contributed by atoms with Crippen molar-refractivity contribution in [3.05, 3.63) is 36.0 Å². The third-order valence-electron chi connectivity index (χ3n) is 3.32. The second-order valence-corrected chi connectivity index (χ2v) is 6.51. The molecule has 5 nitrogen and oxygen atoms in total. The normalized spacial score (nSPS) is 14.3. The molecule has 1 unspecified atom stereocenters. The van der Waals surface area contributed by atoms with Crippen LogP contribution in [0.15, 0.2) is 35.6 Å². The van der Waals surface area contributed by atoms with Gasteiger partial charge >= 0.3 is 0 Å². The summed E-state index contributed by atoms with van der Waals surface area (Å²) in [6, 6.07) is 8.05. The van der Waals surface area contributed by atoms with Crippen LogP contribution in [0.3, 0.4) is 0 Å². The lowest BCUT2D eigenvalue weighted by Gasteiger charge is -2.22. The van der Waals surface area contributed by atoms with E-state index in [1.807, 2.05) is 37.4 Å². The van der Waals surface area contributed by atoms with Crippen molar-refractivity contribution in [1.82, 2.24) is 10.3 Å². The summed E-state index contributed by atoms with van der Waals surface area (Å²) in [5.74, 6) is 0. The quantitative estimate of drug-likeness (QED) is 0.567. The molecule has 0 radical (unpaired) electrons. The van der Waals surface area contributed by atoms with Crippen molar-refractivity contribution in [1.29, 1.82) is 0 Å². The molecular formula is C17H25N3O2.